The molecule has 2 aromatic carbocycles. The highest BCUT2D eigenvalue weighted by atomic mass is 32.2. The van der Waals surface area contributed by atoms with Crippen molar-refractivity contribution < 1.29 is 8.42 Å². The molecule has 34 heavy (non-hydrogen) atoms. The Balaban J connectivity index is 1.41. The lowest BCUT2D eigenvalue weighted by Crippen LogP contribution is -2.44. The monoisotopic (exact) mass is 476 g/mol. The number of rotatable bonds is 6. The van der Waals surface area contributed by atoms with Gasteiger partial charge in [-0.2, -0.15) is 0 Å². The van der Waals surface area contributed by atoms with Gasteiger partial charge in [-0.15, -0.1) is 0 Å². The maximum atomic E-state index is 12.2. The van der Waals surface area contributed by atoms with Gasteiger partial charge in [-0.1, -0.05) is 24.3 Å². The lowest BCUT2D eigenvalue weighted by Gasteiger charge is -2.34. The Labute approximate surface area is 199 Å². The smallest absolute Gasteiger partial charge is 0.177 e. The number of aromatic amines is 1. The zero-order valence-electron chi connectivity index (χ0n) is 19.3. The first-order valence-electron chi connectivity index (χ1n) is 11.3. The number of fused-ring (bicyclic) bond motifs is 1. The molecule has 2 N–H and O–H groups in total. The summed E-state index contributed by atoms with van der Waals surface area (Å²) < 4.78 is 24.5. The molecule has 8 nitrogen and oxygen atoms in total. The molecule has 1 saturated heterocycles. The van der Waals surface area contributed by atoms with Gasteiger partial charge in [-0.05, 0) is 42.9 Å². The Bertz CT molecular complexity index is 1410. The van der Waals surface area contributed by atoms with E-state index >= 15 is 0 Å². The number of aromatic nitrogens is 3. The van der Waals surface area contributed by atoms with Crippen LogP contribution in [0, 0.1) is 0 Å². The number of para-hydroxylation sites is 1. The SMILES string of the molecule is CN1CCN(c2ccc(Cc3nc(Nc4ccccc4S(C)(=O)=O)c4[nH]ccc4n3)cc2)CC1. The first-order valence-corrected chi connectivity index (χ1v) is 13.2. The summed E-state index contributed by atoms with van der Waals surface area (Å²) in [7, 11) is -1.23. The quantitative estimate of drug-likeness (QED) is 0.440. The Morgan fingerprint density at radius 2 is 1.71 bits per heavy atom. The molecular weight excluding hydrogens is 448 g/mol. The van der Waals surface area contributed by atoms with Crippen molar-refractivity contribution in [2.75, 3.05) is 49.7 Å². The van der Waals surface area contributed by atoms with E-state index in [-0.39, 0.29) is 4.90 Å². The number of hydrogen-bond acceptors (Lipinski definition) is 7. The third kappa shape index (κ3) is 4.76. The molecule has 0 atom stereocenters. The Hall–Kier alpha value is -3.43. The van der Waals surface area contributed by atoms with Crippen LogP contribution < -0.4 is 10.2 Å². The lowest BCUT2D eigenvalue weighted by atomic mass is 10.1. The molecule has 2 aromatic heterocycles. The molecule has 0 bridgehead atoms. The van der Waals surface area contributed by atoms with Crippen LogP contribution in [-0.4, -0.2) is 67.8 Å². The zero-order valence-corrected chi connectivity index (χ0v) is 20.1. The first-order chi connectivity index (χ1) is 16.4. The fourth-order valence-electron chi connectivity index (χ4n) is 4.26. The van der Waals surface area contributed by atoms with E-state index in [9.17, 15) is 8.42 Å². The van der Waals surface area contributed by atoms with Crippen molar-refractivity contribution >= 4 is 38.1 Å². The molecule has 0 saturated carbocycles. The standard InChI is InChI=1S/C25H28N6O2S/c1-30-13-15-31(16-14-30)19-9-7-18(8-10-19)17-23-27-21-11-12-26-24(21)25(29-23)28-20-5-3-4-6-22(20)34(2,32)33/h3-12,26H,13-17H2,1-2H3,(H,27,28,29). The zero-order chi connectivity index (χ0) is 23.7. The lowest BCUT2D eigenvalue weighted by molar-refractivity contribution is 0.313. The van der Waals surface area contributed by atoms with Crippen molar-refractivity contribution in [2.45, 2.75) is 11.3 Å². The van der Waals surface area contributed by atoms with Crippen LogP contribution in [0.1, 0.15) is 11.4 Å². The van der Waals surface area contributed by atoms with E-state index in [0.29, 0.717) is 23.8 Å². The van der Waals surface area contributed by atoms with Crippen LogP contribution in [0.5, 0.6) is 0 Å². The molecule has 176 valence electrons. The van der Waals surface area contributed by atoms with Crippen molar-refractivity contribution in [3.05, 3.63) is 72.2 Å². The van der Waals surface area contributed by atoms with Gasteiger partial charge in [0.2, 0.25) is 0 Å². The van der Waals surface area contributed by atoms with Gasteiger partial charge >= 0.3 is 0 Å². The van der Waals surface area contributed by atoms with E-state index < -0.39 is 9.84 Å². The van der Waals surface area contributed by atoms with Crippen molar-refractivity contribution in [3.63, 3.8) is 0 Å². The van der Waals surface area contributed by atoms with Gasteiger partial charge in [0, 0.05) is 50.7 Å². The van der Waals surface area contributed by atoms with Crippen LogP contribution in [0.2, 0.25) is 0 Å². The van der Waals surface area contributed by atoms with Gasteiger partial charge in [-0.3, -0.25) is 0 Å². The van der Waals surface area contributed by atoms with Crippen molar-refractivity contribution in [1.82, 2.24) is 19.9 Å². The Kier molecular flexibility index (Phi) is 5.97. The molecule has 4 aromatic rings. The van der Waals surface area contributed by atoms with Gasteiger partial charge < -0.3 is 20.1 Å². The molecule has 3 heterocycles. The average molecular weight is 477 g/mol. The molecule has 0 spiro atoms. The summed E-state index contributed by atoms with van der Waals surface area (Å²) in [5.41, 5.74) is 4.35. The summed E-state index contributed by atoms with van der Waals surface area (Å²) in [6, 6.07) is 17.3. The minimum absolute atomic E-state index is 0.231. The molecule has 1 aliphatic heterocycles. The third-order valence-electron chi connectivity index (χ3n) is 6.16. The van der Waals surface area contributed by atoms with E-state index in [2.05, 4.69) is 51.4 Å². The molecule has 9 heteroatoms. The second kappa shape index (κ2) is 9.08. The molecule has 0 amide bonds. The third-order valence-corrected chi connectivity index (χ3v) is 7.31. The normalized spacial score (nSPS) is 15.1. The van der Waals surface area contributed by atoms with E-state index in [4.69, 9.17) is 9.97 Å². The van der Waals surface area contributed by atoms with E-state index in [1.165, 1.54) is 11.9 Å². The fourth-order valence-corrected chi connectivity index (χ4v) is 5.10. The van der Waals surface area contributed by atoms with Crippen molar-refractivity contribution in [2.24, 2.45) is 0 Å². The summed E-state index contributed by atoms with van der Waals surface area (Å²) >= 11 is 0. The molecular formula is C25H28N6O2S. The number of nitrogens with one attached hydrogen (secondary N) is 2. The number of piperazine rings is 1. The van der Waals surface area contributed by atoms with E-state index in [1.54, 1.807) is 24.3 Å². The van der Waals surface area contributed by atoms with Gasteiger partial charge in [0.1, 0.15) is 11.3 Å². The van der Waals surface area contributed by atoms with Crippen LogP contribution in [0.4, 0.5) is 17.2 Å². The van der Waals surface area contributed by atoms with Crippen molar-refractivity contribution in [3.8, 4) is 0 Å². The second-order valence-electron chi connectivity index (χ2n) is 8.75. The summed E-state index contributed by atoms with van der Waals surface area (Å²) in [4.78, 5) is 17.6. The molecule has 0 aliphatic carbocycles. The maximum absolute atomic E-state index is 12.2. The fraction of sp³-hybridized carbons (Fsp3) is 0.280. The van der Waals surface area contributed by atoms with Gasteiger partial charge in [0.15, 0.2) is 15.7 Å². The Morgan fingerprint density at radius 1 is 0.971 bits per heavy atom. The van der Waals surface area contributed by atoms with Gasteiger partial charge in [0.05, 0.1) is 16.1 Å². The molecule has 1 aliphatic rings. The van der Waals surface area contributed by atoms with Crippen molar-refractivity contribution in [1.29, 1.82) is 0 Å². The summed E-state index contributed by atoms with van der Waals surface area (Å²) in [6.07, 6.45) is 3.59. The minimum atomic E-state index is -3.39. The summed E-state index contributed by atoms with van der Waals surface area (Å²) in [6.45, 7) is 4.22. The van der Waals surface area contributed by atoms with Crippen LogP contribution in [0.25, 0.3) is 11.0 Å². The second-order valence-corrected chi connectivity index (χ2v) is 10.7. The number of hydrogen-bond donors (Lipinski definition) is 2. The number of likely N-dealkylation sites (N-methyl/N-ethyl adjacent to an activating group) is 1. The number of H-pyrrole nitrogens is 1. The van der Waals surface area contributed by atoms with E-state index in [1.807, 2.05) is 12.3 Å². The highest BCUT2D eigenvalue weighted by Crippen LogP contribution is 2.28. The predicted octanol–water partition coefficient (Wildman–Crippen LogP) is 3.45. The van der Waals surface area contributed by atoms with Crippen LogP contribution in [0.15, 0.2) is 65.7 Å². The number of anilines is 3. The average Bonchev–Trinajstić information content (AvgIpc) is 3.29. The van der Waals surface area contributed by atoms with E-state index in [0.717, 1.165) is 42.8 Å². The van der Waals surface area contributed by atoms with Gasteiger partial charge in [-0.25, -0.2) is 18.4 Å². The van der Waals surface area contributed by atoms with Crippen LogP contribution in [-0.2, 0) is 16.3 Å². The topological polar surface area (TPSA) is 94.2 Å². The minimum Gasteiger partial charge on any atom is -0.369 e. The Morgan fingerprint density at radius 3 is 2.44 bits per heavy atom. The van der Waals surface area contributed by atoms with Gasteiger partial charge in [0.25, 0.3) is 0 Å². The summed E-state index contributed by atoms with van der Waals surface area (Å²) in [5, 5.41) is 3.22. The highest BCUT2D eigenvalue weighted by Gasteiger charge is 2.17. The molecule has 5 rings (SSSR count). The number of benzene rings is 2. The molecule has 1 fully saturated rings. The first kappa shape index (κ1) is 22.4. The summed E-state index contributed by atoms with van der Waals surface area (Å²) in [5.74, 6) is 1.22. The molecule has 0 unspecified atom stereocenters. The van der Waals surface area contributed by atoms with Crippen LogP contribution in [0.3, 0.4) is 0 Å². The number of sulfone groups is 1. The van der Waals surface area contributed by atoms with Crippen LogP contribution >= 0.6 is 0 Å². The highest BCUT2D eigenvalue weighted by molar-refractivity contribution is 7.90. The largest absolute Gasteiger partial charge is 0.369 e. The molecule has 0 radical (unpaired) electrons. The number of nitrogens with zero attached hydrogens (tertiary/aromatic N) is 4. The predicted molar refractivity (Wildman–Crippen MR) is 136 cm³/mol. The maximum Gasteiger partial charge on any atom is 0.177 e.